The van der Waals surface area contributed by atoms with Crippen LogP contribution in [0.2, 0.25) is 5.02 Å². The van der Waals surface area contributed by atoms with Gasteiger partial charge in [0.05, 0.1) is 24.8 Å². The molecule has 1 aliphatic heterocycles. The summed E-state index contributed by atoms with van der Waals surface area (Å²) >= 11 is 5.91. The maximum atomic E-state index is 12.4. The van der Waals surface area contributed by atoms with Crippen molar-refractivity contribution >= 4 is 17.5 Å². The molecule has 0 N–H and O–H groups in total. The van der Waals surface area contributed by atoms with Gasteiger partial charge in [0.1, 0.15) is 23.9 Å². The van der Waals surface area contributed by atoms with Crippen LogP contribution in [0.5, 0.6) is 17.2 Å². The molecule has 29 heavy (non-hydrogen) atoms. The van der Waals surface area contributed by atoms with Crippen molar-refractivity contribution in [1.29, 1.82) is 0 Å². The molecule has 0 saturated carbocycles. The van der Waals surface area contributed by atoms with Gasteiger partial charge >= 0.3 is 6.36 Å². The Labute approximate surface area is 169 Å². The van der Waals surface area contributed by atoms with Crippen LogP contribution in [0.15, 0.2) is 36.4 Å². The Morgan fingerprint density at radius 1 is 1.14 bits per heavy atom. The second-order valence-corrected chi connectivity index (χ2v) is 6.48. The number of carbonyl (C=O) groups is 1. The Morgan fingerprint density at radius 2 is 1.79 bits per heavy atom. The molecule has 156 valence electrons. The van der Waals surface area contributed by atoms with Crippen LogP contribution in [0.3, 0.4) is 0 Å². The molecule has 0 radical (unpaired) electrons. The molecule has 2 aromatic carbocycles. The van der Waals surface area contributed by atoms with Gasteiger partial charge in [0.15, 0.2) is 6.23 Å². The van der Waals surface area contributed by atoms with E-state index in [-0.39, 0.29) is 24.1 Å². The number of amides is 1. The van der Waals surface area contributed by atoms with Crippen molar-refractivity contribution in [3.63, 3.8) is 0 Å². The average Bonchev–Trinajstić information content (AvgIpc) is 3.02. The van der Waals surface area contributed by atoms with Crippen LogP contribution in [0.25, 0.3) is 0 Å². The smallest absolute Gasteiger partial charge is 0.496 e. The highest BCUT2D eigenvalue weighted by Crippen LogP contribution is 2.41. The predicted octanol–water partition coefficient (Wildman–Crippen LogP) is 4.31. The SMILES string of the molecule is COc1cccc(OC)c1C1OCC(=O)N1Cc1ccc(OC(F)(F)F)c(Cl)c1. The minimum Gasteiger partial charge on any atom is -0.496 e. The summed E-state index contributed by atoms with van der Waals surface area (Å²) < 4.78 is 57.5. The summed E-state index contributed by atoms with van der Waals surface area (Å²) in [5.41, 5.74) is 1.04. The van der Waals surface area contributed by atoms with Crippen molar-refractivity contribution in [3.05, 3.63) is 52.5 Å². The Hall–Kier alpha value is -2.65. The Bertz CT molecular complexity index is 884. The molecule has 1 saturated heterocycles. The molecule has 0 aliphatic carbocycles. The van der Waals surface area contributed by atoms with E-state index in [2.05, 4.69) is 4.74 Å². The van der Waals surface area contributed by atoms with Crippen molar-refractivity contribution < 1.29 is 36.9 Å². The van der Waals surface area contributed by atoms with Crippen LogP contribution < -0.4 is 14.2 Å². The lowest BCUT2D eigenvalue weighted by Crippen LogP contribution is -2.28. The third-order valence-electron chi connectivity index (χ3n) is 4.26. The molecular formula is C19H17ClF3NO5. The van der Waals surface area contributed by atoms with Gasteiger partial charge in [-0.2, -0.15) is 0 Å². The standard InChI is InChI=1S/C19H17ClF3NO5/c1-26-14-4-3-5-15(27-2)17(14)18-24(16(25)10-28-18)9-11-6-7-13(12(20)8-11)29-19(21,22)23/h3-8,18H,9-10H2,1-2H3. The van der Waals surface area contributed by atoms with Crippen LogP contribution in [-0.4, -0.2) is 38.0 Å². The minimum atomic E-state index is -4.85. The quantitative estimate of drug-likeness (QED) is 0.682. The highest BCUT2D eigenvalue weighted by molar-refractivity contribution is 6.32. The zero-order chi connectivity index (χ0) is 21.2. The van der Waals surface area contributed by atoms with Gasteiger partial charge in [-0.3, -0.25) is 4.79 Å². The number of hydrogen-bond donors (Lipinski definition) is 0. The molecule has 10 heteroatoms. The van der Waals surface area contributed by atoms with Gasteiger partial charge in [-0.05, 0) is 29.8 Å². The number of benzene rings is 2. The molecule has 1 unspecified atom stereocenters. The number of halogens is 4. The third kappa shape index (κ3) is 4.68. The predicted molar refractivity (Wildman–Crippen MR) is 96.9 cm³/mol. The van der Waals surface area contributed by atoms with Crippen molar-refractivity contribution in [1.82, 2.24) is 4.90 Å². The molecule has 3 rings (SSSR count). The van der Waals surface area contributed by atoms with Crippen molar-refractivity contribution in [2.45, 2.75) is 19.1 Å². The monoisotopic (exact) mass is 431 g/mol. The summed E-state index contributed by atoms with van der Waals surface area (Å²) in [6.45, 7) is -0.106. The van der Waals surface area contributed by atoms with Gasteiger partial charge in [0, 0.05) is 6.54 Å². The topological polar surface area (TPSA) is 57.2 Å². The first-order valence-corrected chi connectivity index (χ1v) is 8.77. The maximum absolute atomic E-state index is 12.4. The number of nitrogens with zero attached hydrogens (tertiary/aromatic N) is 1. The lowest BCUT2D eigenvalue weighted by atomic mass is 10.1. The molecule has 1 amide bonds. The van der Waals surface area contributed by atoms with E-state index in [4.69, 9.17) is 25.8 Å². The Morgan fingerprint density at radius 3 is 2.34 bits per heavy atom. The number of carbonyl (C=O) groups excluding carboxylic acids is 1. The summed E-state index contributed by atoms with van der Waals surface area (Å²) in [4.78, 5) is 13.8. The van der Waals surface area contributed by atoms with Crippen molar-refractivity contribution in [2.75, 3.05) is 20.8 Å². The van der Waals surface area contributed by atoms with E-state index in [1.807, 2.05) is 0 Å². The molecule has 0 bridgehead atoms. The van der Waals surface area contributed by atoms with Gasteiger partial charge in [-0.1, -0.05) is 23.7 Å². The zero-order valence-electron chi connectivity index (χ0n) is 15.5. The largest absolute Gasteiger partial charge is 0.573 e. The molecule has 0 spiro atoms. The fraction of sp³-hybridized carbons (Fsp3) is 0.316. The molecule has 2 aromatic rings. The minimum absolute atomic E-state index is 0.0523. The molecule has 1 fully saturated rings. The number of hydrogen-bond acceptors (Lipinski definition) is 5. The summed E-state index contributed by atoms with van der Waals surface area (Å²) in [5.74, 6) is 0.131. The molecule has 6 nitrogen and oxygen atoms in total. The van der Waals surface area contributed by atoms with E-state index in [0.717, 1.165) is 6.07 Å². The molecular weight excluding hydrogens is 415 g/mol. The Kier molecular flexibility index (Phi) is 6.09. The first-order valence-electron chi connectivity index (χ1n) is 8.39. The second kappa shape index (κ2) is 8.38. The van der Waals surface area contributed by atoms with Gasteiger partial charge < -0.3 is 23.8 Å². The van der Waals surface area contributed by atoms with E-state index in [9.17, 15) is 18.0 Å². The highest BCUT2D eigenvalue weighted by atomic mass is 35.5. The van der Waals surface area contributed by atoms with Crippen molar-refractivity contribution in [2.24, 2.45) is 0 Å². The van der Waals surface area contributed by atoms with E-state index >= 15 is 0 Å². The number of methoxy groups -OCH3 is 2. The van der Waals surface area contributed by atoms with E-state index in [0.29, 0.717) is 22.6 Å². The van der Waals surface area contributed by atoms with Gasteiger partial charge in [0.25, 0.3) is 5.91 Å². The fourth-order valence-corrected chi connectivity index (χ4v) is 3.28. The molecule has 0 aromatic heterocycles. The number of ether oxygens (including phenoxy) is 4. The van der Waals surface area contributed by atoms with Crippen LogP contribution in [-0.2, 0) is 16.1 Å². The normalized spacial score (nSPS) is 16.8. The van der Waals surface area contributed by atoms with Crippen molar-refractivity contribution in [3.8, 4) is 17.2 Å². The van der Waals surface area contributed by atoms with Crippen LogP contribution >= 0.6 is 11.6 Å². The maximum Gasteiger partial charge on any atom is 0.573 e. The summed E-state index contributed by atoms with van der Waals surface area (Å²) in [5, 5.41) is -0.223. The molecule has 1 atom stereocenters. The second-order valence-electron chi connectivity index (χ2n) is 6.07. The van der Waals surface area contributed by atoms with E-state index < -0.39 is 18.3 Å². The van der Waals surface area contributed by atoms with Gasteiger partial charge in [0.2, 0.25) is 0 Å². The number of rotatable bonds is 6. The molecule has 1 heterocycles. The van der Waals surface area contributed by atoms with E-state index in [1.54, 1.807) is 18.2 Å². The first-order chi connectivity index (χ1) is 13.7. The number of alkyl halides is 3. The lowest BCUT2D eigenvalue weighted by Gasteiger charge is -2.26. The van der Waals surface area contributed by atoms with Gasteiger partial charge in [-0.15, -0.1) is 13.2 Å². The van der Waals surface area contributed by atoms with Crippen LogP contribution in [0.1, 0.15) is 17.4 Å². The zero-order valence-corrected chi connectivity index (χ0v) is 16.2. The molecule has 1 aliphatic rings. The average molecular weight is 432 g/mol. The van der Waals surface area contributed by atoms with Crippen LogP contribution in [0, 0.1) is 0 Å². The summed E-state index contributed by atoms with van der Waals surface area (Å²) in [6.07, 6.45) is -5.64. The Balaban J connectivity index is 1.89. The lowest BCUT2D eigenvalue weighted by molar-refractivity contribution is -0.274. The van der Waals surface area contributed by atoms with Crippen LogP contribution in [0.4, 0.5) is 13.2 Å². The fourth-order valence-electron chi connectivity index (χ4n) is 3.03. The third-order valence-corrected chi connectivity index (χ3v) is 4.55. The summed E-state index contributed by atoms with van der Waals surface area (Å²) in [7, 11) is 2.97. The highest BCUT2D eigenvalue weighted by Gasteiger charge is 2.37. The summed E-state index contributed by atoms with van der Waals surface area (Å²) in [6, 6.07) is 8.97. The van der Waals surface area contributed by atoms with E-state index in [1.165, 1.54) is 31.3 Å². The first kappa shape index (κ1) is 21.1. The van der Waals surface area contributed by atoms with Gasteiger partial charge in [-0.25, -0.2) is 0 Å².